The average molecular weight is 280 g/mol. The Labute approximate surface area is 119 Å². The van der Waals surface area contributed by atoms with E-state index in [1.165, 1.54) is 0 Å². The molecule has 0 aromatic rings. The van der Waals surface area contributed by atoms with Crippen molar-refractivity contribution in [2.75, 3.05) is 13.1 Å². The summed E-state index contributed by atoms with van der Waals surface area (Å²) < 4.78 is 0. The summed E-state index contributed by atoms with van der Waals surface area (Å²) in [5.41, 5.74) is 0.427. The van der Waals surface area contributed by atoms with Crippen LogP contribution in [0.3, 0.4) is 0 Å². The third kappa shape index (κ3) is 2.27. The molecule has 2 unspecified atom stereocenters. The van der Waals surface area contributed by atoms with Gasteiger partial charge in [-0.2, -0.15) is 0 Å². The van der Waals surface area contributed by atoms with Gasteiger partial charge in [0.15, 0.2) is 0 Å². The molecule has 3 aliphatic rings. The molecule has 2 amide bonds. The van der Waals surface area contributed by atoms with E-state index in [9.17, 15) is 9.59 Å². The van der Waals surface area contributed by atoms with Gasteiger partial charge in [-0.05, 0) is 42.9 Å². The molecule has 0 spiro atoms. The third-order valence-electron chi connectivity index (χ3n) is 5.81. The first-order valence-corrected chi connectivity index (χ1v) is 7.68. The van der Waals surface area contributed by atoms with E-state index in [4.69, 9.17) is 5.11 Å². The molecule has 2 aliphatic carbocycles. The molecular weight excluding hydrogens is 256 g/mol. The molecule has 3 rings (SSSR count). The molecule has 1 aliphatic heterocycles. The van der Waals surface area contributed by atoms with Crippen LogP contribution in [-0.2, 0) is 4.79 Å². The highest BCUT2D eigenvalue weighted by atomic mass is 16.4. The first kappa shape index (κ1) is 13.7. The number of fused-ring (bicyclic) bond motifs is 1. The Hall–Kier alpha value is -1.26. The van der Waals surface area contributed by atoms with E-state index < -0.39 is 5.97 Å². The molecule has 0 radical (unpaired) electrons. The van der Waals surface area contributed by atoms with Crippen molar-refractivity contribution in [1.82, 2.24) is 10.2 Å². The Morgan fingerprint density at radius 3 is 2.15 bits per heavy atom. The van der Waals surface area contributed by atoms with Gasteiger partial charge in [0.05, 0.1) is 5.92 Å². The Morgan fingerprint density at radius 2 is 1.65 bits per heavy atom. The molecule has 1 heterocycles. The molecule has 2 saturated carbocycles. The number of nitrogens with one attached hydrogen (secondary N) is 1. The topological polar surface area (TPSA) is 69.6 Å². The summed E-state index contributed by atoms with van der Waals surface area (Å²) in [5, 5.41) is 12.0. The van der Waals surface area contributed by atoms with Gasteiger partial charge in [0.2, 0.25) is 0 Å². The summed E-state index contributed by atoms with van der Waals surface area (Å²) in [4.78, 5) is 25.0. The summed E-state index contributed by atoms with van der Waals surface area (Å²) in [6.07, 6.45) is 2.93. The summed E-state index contributed by atoms with van der Waals surface area (Å²) in [7, 11) is 0. The largest absolute Gasteiger partial charge is 0.481 e. The van der Waals surface area contributed by atoms with Gasteiger partial charge in [0.25, 0.3) is 0 Å². The summed E-state index contributed by atoms with van der Waals surface area (Å²) in [6.45, 7) is 6.33. The Morgan fingerprint density at radius 1 is 1.10 bits per heavy atom. The number of aliphatic carboxylic acids is 1. The van der Waals surface area contributed by atoms with E-state index in [0.29, 0.717) is 30.1 Å². The number of nitrogens with zero attached hydrogens (tertiary/aromatic N) is 1. The number of carbonyl (C=O) groups excluding carboxylic acids is 1. The Balaban J connectivity index is 1.44. The van der Waals surface area contributed by atoms with Gasteiger partial charge in [-0.3, -0.25) is 4.79 Å². The van der Waals surface area contributed by atoms with Crippen molar-refractivity contribution in [3.05, 3.63) is 0 Å². The molecule has 0 aromatic heterocycles. The SMILES string of the molecule is CC1(C)C2CN(C(=O)NC3CCC(C(=O)O)CC3)CC21. The van der Waals surface area contributed by atoms with Crippen LogP contribution in [0.1, 0.15) is 39.5 Å². The second kappa shape index (κ2) is 4.64. The second-order valence-corrected chi connectivity index (χ2v) is 7.28. The lowest BCUT2D eigenvalue weighted by atomic mass is 9.86. The van der Waals surface area contributed by atoms with Crippen molar-refractivity contribution in [1.29, 1.82) is 0 Å². The van der Waals surface area contributed by atoms with Crippen molar-refractivity contribution in [2.24, 2.45) is 23.2 Å². The van der Waals surface area contributed by atoms with Crippen LogP contribution in [0.5, 0.6) is 0 Å². The quantitative estimate of drug-likeness (QED) is 0.812. The smallest absolute Gasteiger partial charge is 0.317 e. The Bertz CT molecular complexity index is 413. The van der Waals surface area contributed by atoms with Crippen LogP contribution in [0.2, 0.25) is 0 Å². The van der Waals surface area contributed by atoms with Crippen LogP contribution in [0.4, 0.5) is 4.79 Å². The molecule has 5 nitrogen and oxygen atoms in total. The molecular formula is C15H24N2O3. The number of hydrogen-bond acceptors (Lipinski definition) is 2. The van der Waals surface area contributed by atoms with Crippen LogP contribution < -0.4 is 5.32 Å². The molecule has 5 heteroatoms. The minimum absolute atomic E-state index is 0.0479. The van der Waals surface area contributed by atoms with Gasteiger partial charge >= 0.3 is 12.0 Å². The number of amides is 2. The van der Waals surface area contributed by atoms with Crippen LogP contribution >= 0.6 is 0 Å². The number of likely N-dealkylation sites (tertiary alicyclic amines) is 1. The van der Waals surface area contributed by atoms with Crippen LogP contribution in [-0.4, -0.2) is 41.1 Å². The van der Waals surface area contributed by atoms with Gasteiger partial charge < -0.3 is 15.3 Å². The van der Waals surface area contributed by atoms with E-state index in [-0.39, 0.29) is 18.0 Å². The number of urea groups is 1. The monoisotopic (exact) mass is 280 g/mol. The van der Waals surface area contributed by atoms with E-state index in [0.717, 1.165) is 25.9 Å². The Kier molecular flexibility index (Phi) is 3.18. The van der Waals surface area contributed by atoms with Crippen LogP contribution in [0.25, 0.3) is 0 Å². The summed E-state index contributed by atoms with van der Waals surface area (Å²) >= 11 is 0. The minimum atomic E-state index is -0.698. The van der Waals surface area contributed by atoms with E-state index >= 15 is 0 Å². The zero-order chi connectivity index (χ0) is 14.5. The predicted molar refractivity (Wildman–Crippen MR) is 74.2 cm³/mol. The zero-order valence-corrected chi connectivity index (χ0v) is 12.3. The fourth-order valence-electron chi connectivity index (χ4n) is 4.05. The maximum Gasteiger partial charge on any atom is 0.317 e. The van der Waals surface area contributed by atoms with Gasteiger partial charge in [-0.15, -0.1) is 0 Å². The molecule has 2 N–H and O–H groups in total. The fraction of sp³-hybridized carbons (Fsp3) is 0.867. The highest BCUT2D eigenvalue weighted by Gasteiger charge is 2.62. The average Bonchev–Trinajstić information content (AvgIpc) is 2.80. The number of piperidine rings is 1. The molecule has 1 saturated heterocycles. The number of carboxylic acids is 1. The maximum absolute atomic E-state index is 12.2. The predicted octanol–water partition coefficient (Wildman–Crippen LogP) is 1.93. The highest BCUT2D eigenvalue weighted by molar-refractivity contribution is 5.75. The number of rotatable bonds is 2. The van der Waals surface area contributed by atoms with E-state index in [1.807, 2.05) is 4.90 Å². The molecule has 2 atom stereocenters. The van der Waals surface area contributed by atoms with Crippen LogP contribution in [0.15, 0.2) is 0 Å². The van der Waals surface area contributed by atoms with E-state index in [1.54, 1.807) is 0 Å². The molecule has 3 fully saturated rings. The van der Waals surface area contributed by atoms with Gasteiger partial charge in [-0.25, -0.2) is 4.79 Å². The summed E-state index contributed by atoms with van der Waals surface area (Å²) in [6, 6.07) is 0.204. The first-order chi connectivity index (χ1) is 9.39. The van der Waals surface area contributed by atoms with E-state index in [2.05, 4.69) is 19.2 Å². The van der Waals surface area contributed by atoms with Crippen molar-refractivity contribution in [2.45, 2.75) is 45.6 Å². The zero-order valence-electron chi connectivity index (χ0n) is 12.3. The highest BCUT2D eigenvalue weighted by Crippen LogP contribution is 2.61. The lowest BCUT2D eigenvalue weighted by Gasteiger charge is -2.30. The standard InChI is InChI=1S/C15H24N2O3/c1-15(2)11-7-17(8-12(11)15)14(20)16-10-5-3-9(4-6-10)13(18)19/h9-12H,3-8H2,1-2H3,(H,16,20)(H,18,19). The number of hydrogen-bond donors (Lipinski definition) is 2. The van der Waals surface area contributed by atoms with Crippen molar-refractivity contribution >= 4 is 12.0 Å². The fourth-order valence-corrected chi connectivity index (χ4v) is 4.05. The lowest BCUT2D eigenvalue weighted by Crippen LogP contribution is -2.46. The lowest BCUT2D eigenvalue weighted by molar-refractivity contribution is -0.142. The van der Waals surface area contributed by atoms with Crippen molar-refractivity contribution in [3.63, 3.8) is 0 Å². The molecule has 112 valence electrons. The second-order valence-electron chi connectivity index (χ2n) is 7.28. The van der Waals surface area contributed by atoms with Gasteiger partial charge in [-0.1, -0.05) is 13.8 Å². The van der Waals surface area contributed by atoms with Gasteiger partial charge in [0.1, 0.15) is 0 Å². The van der Waals surface area contributed by atoms with Crippen molar-refractivity contribution in [3.8, 4) is 0 Å². The van der Waals surface area contributed by atoms with Crippen molar-refractivity contribution < 1.29 is 14.7 Å². The molecule has 20 heavy (non-hydrogen) atoms. The maximum atomic E-state index is 12.2. The van der Waals surface area contributed by atoms with Crippen LogP contribution in [0, 0.1) is 23.2 Å². The normalized spacial score (nSPS) is 38.2. The first-order valence-electron chi connectivity index (χ1n) is 7.68. The minimum Gasteiger partial charge on any atom is -0.481 e. The summed E-state index contributed by atoms with van der Waals surface area (Å²) in [5.74, 6) is 0.437. The molecule has 0 bridgehead atoms. The van der Waals surface area contributed by atoms with Gasteiger partial charge in [0, 0.05) is 19.1 Å². The third-order valence-corrected chi connectivity index (χ3v) is 5.81. The number of carboxylic acid groups (broad SMARTS) is 1. The number of carbonyl (C=O) groups is 2. The molecule has 0 aromatic carbocycles.